The minimum atomic E-state index is -0.390. The van der Waals surface area contributed by atoms with Crippen molar-refractivity contribution in [2.75, 3.05) is 13.2 Å². The monoisotopic (exact) mass is 358 g/mol. The van der Waals surface area contributed by atoms with E-state index in [1.807, 2.05) is 24.3 Å². The Morgan fingerprint density at radius 1 is 1.00 bits per heavy atom. The van der Waals surface area contributed by atoms with Gasteiger partial charge in [-0.2, -0.15) is 0 Å². The number of hydrogen-bond donors (Lipinski definition) is 2. The van der Waals surface area contributed by atoms with E-state index in [4.69, 9.17) is 9.47 Å². The van der Waals surface area contributed by atoms with Crippen LogP contribution < -0.4 is 20.3 Å². The number of carbonyl (C=O) groups excluding carboxylic acids is 2. The molecule has 3 rings (SSSR count). The Labute approximate surface area is 149 Å². The van der Waals surface area contributed by atoms with Crippen LogP contribution >= 0.6 is 11.8 Å². The Balaban J connectivity index is 1.53. The largest absolute Gasteiger partial charge is 0.486 e. The topological polar surface area (TPSA) is 76.7 Å². The number of benzene rings is 2. The summed E-state index contributed by atoms with van der Waals surface area (Å²) in [6.45, 7) is 2.83. The zero-order valence-electron chi connectivity index (χ0n) is 13.7. The van der Waals surface area contributed by atoms with Crippen LogP contribution in [0.3, 0.4) is 0 Å². The van der Waals surface area contributed by atoms with E-state index in [1.165, 1.54) is 11.8 Å². The lowest BCUT2D eigenvalue weighted by molar-refractivity contribution is -0.121. The van der Waals surface area contributed by atoms with Crippen LogP contribution in [-0.4, -0.2) is 30.3 Å². The number of thioether (sulfide) groups is 1. The molecule has 0 aliphatic carbocycles. The van der Waals surface area contributed by atoms with Crippen molar-refractivity contribution in [1.82, 2.24) is 10.9 Å². The fourth-order valence-corrected chi connectivity index (χ4v) is 3.13. The van der Waals surface area contributed by atoms with Crippen molar-refractivity contribution in [3.63, 3.8) is 0 Å². The number of fused-ring (bicyclic) bond motifs is 1. The third kappa shape index (κ3) is 4.45. The average Bonchev–Trinajstić information content (AvgIpc) is 2.66. The smallest absolute Gasteiger partial charge is 0.269 e. The molecule has 1 atom stereocenters. The van der Waals surface area contributed by atoms with Gasteiger partial charge in [0.15, 0.2) is 11.5 Å². The second kappa shape index (κ2) is 7.94. The summed E-state index contributed by atoms with van der Waals surface area (Å²) >= 11 is 1.37. The van der Waals surface area contributed by atoms with E-state index in [2.05, 4.69) is 10.9 Å². The van der Waals surface area contributed by atoms with E-state index in [0.29, 0.717) is 30.3 Å². The third-order valence-electron chi connectivity index (χ3n) is 3.53. The van der Waals surface area contributed by atoms with Crippen molar-refractivity contribution < 1.29 is 19.1 Å². The SMILES string of the molecule is C[C@@H](Sc1ccc2c(c1)OCCO2)C(=O)NNC(=O)c1ccccc1. The molecule has 2 N–H and O–H groups in total. The van der Waals surface area contributed by atoms with E-state index in [1.54, 1.807) is 31.2 Å². The minimum Gasteiger partial charge on any atom is -0.486 e. The Morgan fingerprint density at radius 2 is 1.72 bits per heavy atom. The molecule has 0 bridgehead atoms. The van der Waals surface area contributed by atoms with Gasteiger partial charge in [-0.15, -0.1) is 11.8 Å². The molecule has 0 unspecified atom stereocenters. The van der Waals surface area contributed by atoms with Crippen molar-refractivity contribution >= 4 is 23.6 Å². The van der Waals surface area contributed by atoms with Crippen molar-refractivity contribution in [2.24, 2.45) is 0 Å². The summed E-state index contributed by atoms with van der Waals surface area (Å²) < 4.78 is 11.0. The Hall–Kier alpha value is -2.67. The van der Waals surface area contributed by atoms with Crippen molar-refractivity contribution in [1.29, 1.82) is 0 Å². The zero-order chi connectivity index (χ0) is 17.6. The fourth-order valence-electron chi connectivity index (χ4n) is 2.24. The molecule has 6 nitrogen and oxygen atoms in total. The first-order valence-corrected chi connectivity index (χ1v) is 8.73. The van der Waals surface area contributed by atoms with E-state index in [9.17, 15) is 9.59 Å². The van der Waals surface area contributed by atoms with Gasteiger partial charge in [0, 0.05) is 10.5 Å². The highest BCUT2D eigenvalue weighted by atomic mass is 32.2. The summed E-state index contributed by atoms with van der Waals surface area (Å²) in [6, 6.07) is 14.3. The molecule has 0 aromatic heterocycles. The molecular formula is C18H18N2O4S. The molecule has 0 saturated heterocycles. The van der Waals surface area contributed by atoms with Gasteiger partial charge in [-0.1, -0.05) is 18.2 Å². The third-order valence-corrected chi connectivity index (χ3v) is 4.62. The molecule has 1 heterocycles. The van der Waals surface area contributed by atoms with Gasteiger partial charge in [0.1, 0.15) is 13.2 Å². The maximum atomic E-state index is 12.2. The van der Waals surface area contributed by atoms with Crippen LogP contribution in [0.1, 0.15) is 17.3 Å². The molecule has 1 aliphatic rings. The molecule has 2 aromatic rings. The summed E-state index contributed by atoms with van der Waals surface area (Å²) in [5, 5.41) is -0.390. The number of carbonyl (C=O) groups is 2. The first-order chi connectivity index (χ1) is 12.1. The molecule has 0 fully saturated rings. The van der Waals surface area contributed by atoms with Gasteiger partial charge >= 0.3 is 0 Å². The lowest BCUT2D eigenvalue weighted by Crippen LogP contribution is -2.44. The predicted molar refractivity (Wildman–Crippen MR) is 94.8 cm³/mol. The lowest BCUT2D eigenvalue weighted by atomic mass is 10.2. The Morgan fingerprint density at radius 3 is 2.48 bits per heavy atom. The summed E-state index contributed by atoms with van der Waals surface area (Å²) in [5.41, 5.74) is 5.35. The van der Waals surface area contributed by atoms with Gasteiger partial charge < -0.3 is 9.47 Å². The quantitative estimate of drug-likeness (QED) is 0.648. The average molecular weight is 358 g/mol. The predicted octanol–water partition coefficient (Wildman–Crippen LogP) is 2.40. The standard InChI is InChI=1S/C18H18N2O4S/c1-12(17(21)19-20-18(22)13-5-3-2-4-6-13)25-14-7-8-15-16(11-14)24-10-9-23-15/h2-8,11-12H,9-10H2,1H3,(H,19,21)(H,20,22)/t12-/m1/s1. The van der Waals surface area contributed by atoms with Gasteiger partial charge in [0.05, 0.1) is 5.25 Å². The van der Waals surface area contributed by atoms with E-state index in [0.717, 1.165) is 4.90 Å². The number of hydrazine groups is 1. The second-order valence-corrected chi connectivity index (χ2v) is 6.79. The first-order valence-electron chi connectivity index (χ1n) is 7.85. The summed E-state index contributed by atoms with van der Waals surface area (Å²) in [6.07, 6.45) is 0. The molecule has 2 aromatic carbocycles. The molecule has 130 valence electrons. The lowest BCUT2D eigenvalue weighted by Gasteiger charge is -2.19. The van der Waals surface area contributed by atoms with Gasteiger partial charge in [-0.3, -0.25) is 20.4 Å². The number of nitrogens with one attached hydrogen (secondary N) is 2. The zero-order valence-corrected chi connectivity index (χ0v) is 14.5. The molecule has 25 heavy (non-hydrogen) atoms. The molecule has 0 saturated carbocycles. The number of hydrogen-bond acceptors (Lipinski definition) is 5. The highest BCUT2D eigenvalue weighted by Gasteiger charge is 2.18. The summed E-state index contributed by atoms with van der Waals surface area (Å²) in [4.78, 5) is 25.0. The van der Waals surface area contributed by atoms with Gasteiger partial charge in [-0.05, 0) is 37.3 Å². The molecule has 1 aliphatic heterocycles. The summed E-state index contributed by atoms with van der Waals surface area (Å²) in [5.74, 6) is 0.749. The number of amides is 2. The summed E-state index contributed by atoms with van der Waals surface area (Å²) in [7, 11) is 0. The Kier molecular flexibility index (Phi) is 5.45. The molecular weight excluding hydrogens is 340 g/mol. The van der Waals surface area contributed by atoms with Crippen LogP contribution in [0.15, 0.2) is 53.4 Å². The van der Waals surface area contributed by atoms with Gasteiger partial charge in [0.2, 0.25) is 0 Å². The highest BCUT2D eigenvalue weighted by Crippen LogP contribution is 2.35. The van der Waals surface area contributed by atoms with Crippen LogP contribution in [-0.2, 0) is 4.79 Å². The van der Waals surface area contributed by atoms with Crippen LogP contribution in [0.25, 0.3) is 0 Å². The van der Waals surface area contributed by atoms with Crippen LogP contribution in [0.4, 0.5) is 0 Å². The van der Waals surface area contributed by atoms with E-state index in [-0.39, 0.29) is 11.8 Å². The normalized spacial score (nSPS) is 13.6. The van der Waals surface area contributed by atoms with Crippen molar-refractivity contribution in [3.8, 4) is 11.5 Å². The number of rotatable bonds is 4. The van der Waals surface area contributed by atoms with Crippen LogP contribution in [0.2, 0.25) is 0 Å². The minimum absolute atomic E-state index is 0.288. The van der Waals surface area contributed by atoms with Crippen LogP contribution in [0.5, 0.6) is 11.5 Å². The van der Waals surface area contributed by atoms with E-state index >= 15 is 0 Å². The van der Waals surface area contributed by atoms with Crippen LogP contribution in [0, 0.1) is 0 Å². The van der Waals surface area contributed by atoms with Crippen molar-refractivity contribution in [3.05, 3.63) is 54.1 Å². The van der Waals surface area contributed by atoms with Gasteiger partial charge in [0.25, 0.3) is 11.8 Å². The maximum absolute atomic E-state index is 12.2. The molecule has 0 radical (unpaired) electrons. The van der Waals surface area contributed by atoms with E-state index < -0.39 is 5.25 Å². The molecule has 7 heteroatoms. The second-order valence-electron chi connectivity index (χ2n) is 5.37. The fraction of sp³-hybridized carbons (Fsp3) is 0.222. The molecule has 2 amide bonds. The van der Waals surface area contributed by atoms with Crippen molar-refractivity contribution in [2.45, 2.75) is 17.1 Å². The first kappa shape index (κ1) is 17.2. The number of ether oxygens (including phenoxy) is 2. The maximum Gasteiger partial charge on any atom is 0.269 e. The van der Waals surface area contributed by atoms with Gasteiger partial charge in [-0.25, -0.2) is 0 Å². The molecule has 0 spiro atoms. The highest BCUT2D eigenvalue weighted by molar-refractivity contribution is 8.00. The Bertz CT molecular complexity index is 767.